The van der Waals surface area contributed by atoms with Crippen LogP contribution in [-0.4, -0.2) is 30.9 Å². The number of H-pyrrole nitrogens is 1. The van der Waals surface area contributed by atoms with Gasteiger partial charge >= 0.3 is 0 Å². The molecular weight excluding hydrogens is 344 g/mol. The Kier molecular flexibility index (Phi) is 3.60. The number of para-hydroxylation sites is 1. The molecule has 5 rings (SSSR count). The van der Waals surface area contributed by atoms with Gasteiger partial charge in [-0.15, -0.1) is 10.2 Å². The molecule has 0 spiro atoms. The van der Waals surface area contributed by atoms with Crippen molar-refractivity contribution in [2.75, 3.05) is 0 Å². The van der Waals surface area contributed by atoms with Crippen LogP contribution in [0.1, 0.15) is 54.2 Å². The molecule has 3 heterocycles. The highest BCUT2D eigenvalue weighted by Crippen LogP contribution is 2.41. The fraction of sp³-hybridized carbons (Fsp3) is 0.421. The van der Waals surface area contributed by atoms with E-state index < -0.39 is 11.4 Å². The third kappa shape index (κ3) is 2.47. The van der Waals surface area contributed by atoms with Crippen LogP contribution in [0.3, 0.4) is 0 Å². The van der Waals surface area contributed by atoms with Gasteiger partial charge in [0.05, 0.1) is 5.52 Å². The summed E-state index contributed by atoms with van der Waals surface area (Å²) in [6.45, 7) is 0.879. The monoisotopic (exact) mass is 364 g/mol. The molecule has 1 amide bonds. The molecule has 1 aromatic carbocycles. The van der Waals surface area contributed by atoms with Crippen LogP contribution in [0, 0.1) is 0 Å². The number of nitrogens with one attached hydrogen (secondary N) is 2. The van der Waals surface area contributed by atoms with E-state index in [1.165, 1.54) is 0 Å². The van der Waals surface area contributed by atoms with Gasteiger partial charge in [0.2, 0.25) is 5.43 Å². The maximum absolute atomic E-state index is 12.9. The summed E-state index contributed by atoms with van der Waals surface area (Å²) in [6.07, 6.45) is 5.72. The largest absolute Gasteiger partial charge is 0.338 e. The lowest BCUT2D eigenvalue weighted by atomic mass is 9.75. The number of fused-ring (bicyclic) bond motifs is 2. The Morgan fingerprint density at radius 2 is 2.00 bits per heavy atom. The van der Waals surface area contributed by atoms with E-state index in [2.05, 4.69) is 30.3 Å². The number of nitrogens with zero attached hydrogens (tertiary/aromatic N) is 4. The maximum atomic E-state index is 12.9. The molecule has 2 aliphatic rings. The van der Waals surface area contributed by atoms with Crippen molar-refractivity contribution in [1.82, 2.24) is 30.3 Å². The van der Waals surface area contributed by atoms with Crippen molar-refractivity contribution < 1.29 is 4.79 Å². The number of carbonyl (C=O) groups is 1. The molecule has 0 radical (unpaired) electrons. The van der Waals surface area contributed by atoms with Gasteiger partial charge in [0.15, 0.2) is 11.5 Å². The Bertz CT molecular complexity index is 1100. The average molecular weight is 364 g/mol. The van der Waals surface area contributed by atoms with Crippen molar-refractivity contribution in [3.05, 3.63) is 51.8 Å². The number of hydrogen-bond acceptors (Lipinski definition) is 5. The van der Waals surface area contributed by atoms with Gasteiger partial charge < -0.3 is 9.88 Å². The van der Waals surface area contributed by atoms with E-state index in [4.69, 9.17) is 0 Å². The summed E-state index contributed by atoms with van der Waals surface area (Å²) in [5.74, 6) is 1.34. The molecule has 0 unspecified atom stereocenters. The van der Waals surface area contributed by atoms with Crippen LogP contribution in [0.5, 0.6) is 0 Å². The van der Waals surface area contributed by atoms with Crippen molar-refractivity contribution in [2.45, 2.75) is 50.6 Å². The Morgan fingerprint density at radius 3 is 2.81 bits per heavy atom. The highest BCUT2D eigenvalue weighted by molar-refractivity contribution is 5.95. The van der Waals surface area contributed by atoms with E-state index in [9.17, 15) is 9.59 Å². The van der Waals surface area contributed by atoms with E-state index in [1.807, 2.05) is 6.07 Å². The molecule has 2 N–H and O–H groups in total. The second-order valence-corrected chi connectivity index (χ2v) is 7.39. The van der Waals surface area contributed by atoms with Gasteiger partial charge in [0, 0.05) is 18.4 Å². The minimum absolute atomic E-state index is 0.113. The van der Waals surface area contributed by atoms with E-state index in [0.29, 0.717) is 10.9 Å². The molecule has 8 nitrogen and oxygen atoms in total. The lowest BCUT2D eigenvalue weighted by molar-refractivity contribution is 0.0793. The van der Waals surface area contributed by atoms with E-state index >= 15 is 0 Å². The number of aromatic amines is 1. The molecule has 138 valence electrons. The Hall–Kier alpha value is -3.03. The topological polar surface area (TPSA) is 106 Å². The summed E-state index contributed by atoms with van der Waals surface area (Å²) in [5.41, 5.74) is -0.415. The number of rotatable bonds is 3. The highest BCUT2D eigenvalue weighted by Gasteiger charge is 2.45. The minimum Gasteiger partial charge on any atom is -0.338 e. The summed E-state index contributed by atoms with van der Waals surface area (Å²) in [5, 5.41) is 19.1. The first kappa shape index (κ1) is 16.2. The zero-order valence-corrected chi connectivity index (χ0v) is 14.9. The van der Waals surface area contributed by atoms with Gasteiger partial charge in [0.1, 0.15) is 11.4 Å². The van der Waals surface area contributed by atoms with Crippen LogP contribution in [0.25, 0.3) is 10.9 Å². The smallest absolute Gasteiger partial charge is 0.276 e. The van der Waals surface area contributed by atoms with Crippen molar-refractivity contribution in [3.63, 3.8) is 0 Å². The molecule has 1 fully saturated rings. The van der Waals surface area contributed by atoms with Gasteiger partial charge in [-0.1, -0.05) is 12.1 Å². The Balaban J connectivity index is 1.50. The number of amides is 1. The Morgan fingerprint density at radius 1 is 1.15 bits per heavy atom. The van der Waals surface area contributed by atoms with Gasteiger partial charge in [-0.05, 0) is 44.2 Å². The fourth-order valence-corrected chi connectivity index (χ4v) is 4.10. The van der Waals surface area contributed by atoms with Crippen LogP contribution < -0.4 is 10.7 Å². The summed E-state index contributed by atoms with van der Waals surface area (Å²) in [4.78, 5) is 25.6. The lowest BCUT2D eigenvalue weighted by Crippen LogP contribution is -2.53. The molecule has 0 atom stereocenters. The van der Waals surface area contributed by atoms with Crippen molar-refractivity contribution in [1.29, 1.82) is 0 Å². The summed E-state index contributed by atoms with van der Waals surface area (Å²) < 4.78 is 2.14. The number of aromatic nitrogens is 5. The summed E-state index contributed by atoms with van der Waals surface area (Å²) >= 11 is 0. The fourth-order valence-electron chi connectivity index (χ4n) is 4.10. The third-order valence-electron chi connectivity index (χ3n) is 5.74. The number of benzene rings is 1. The maximum Gasteiger partial charge on any atom is 0.276 e. The van der Waals surface area contributed by atoms with Gasteiger partial charge in [-0.25, -0.2) is 0 Å². The standard InChI is InChI=1S/C19H20N6O2/c26-16-12-6-1-2-7-13(12)21-23-15(16)17(27)20-19(9-5-10-19)18-24-22-14-8-3-4-11-25(14)18/h1-2,6-7H,3-5,8-11H2,(H,20,27)(H,21,26). The van der Waals surface area contributed by atoms with E-state index in [-0.39, 0.29) is 11.1 Å². The molecule has 0 saturated heterocycles. The summed E-state index contributed by atoms with van der Waals surface area (Å²) in [6, 6.07) is 7.05. The van der Waals surface area contributed by atoms with Crippen LogP contribution >= 0.6 is 0 Å². The highest BCUT2D eigenvalue weighted by atomic mass is 16.2. The predicted octanol–water partition coefficient (Wildman–Crippen LogP) is 1.66. The van der Waals surface area contributed by atoms with E-state index in [0.717, 1.165) is 56.7 Å². The molecule has 1 aliphatic carbocycles. The lowest BCUT2D eigenvalue weighted by Gasteiger charge is -2.41. The predicted molar refractivity (Wildman–Crippen MR) is 98.3 cm³/mol. The van der Waals surface area contributed by atoms with Gasteiger partial charge in [-0.2, -0.15) is 5.10 Å². The van der Waals surface area contributed by atoms with Crippen molar-refractivity contribution >= 4 is 16.8 Å². The van der Waals surface area contributed by atoms with Gasteiger partial charge in [0.25, 0.3) is 5.91 Å². The second kappa shape index (κ2) is 6.00. The van der Waals surface area contributed by atoms with Crippen molar-refractivity contribution in [3.8, 4) is 0 Å². The molecule has 2 aromatic heterocycles. The normalized spacial score (nSPS) is 17.9. The molecule has 1 saturated carbocycles. The minimum atomic E-state index is -0.556. The zero-order chi connectivity index (χ0) is 18.4. The SMILES string of the molecule is O=C(NC1(c2nnc3n2CCCC3)CCC1)c1n[nH]c2ccccc2c1=O. The molecule has 0 bridgehead atoms. The molecular formula is C19H20N6O2. The van der Waals surface area contributed by atoms with E-state index in [1.54, 1.807) is 18.2 Å². The van der Waals surface area contributed by atoms with Crippen molar-refractivity contribution in [2.24, 2.45) is 0 Å². The van der Waals surface area contributed by atoms with Gasteiger partial charge in [-0.3, -0.25) is 14.7 Å². The quantitative estimate of drug-likeness (QED) is 0.735. The first-order valence-electron chi connectivity index (χ1n) is 9.40. The Labute approximate surface area is 155 Å². The van der Waals surface area contributed by atoms with Crippen LogP contribution in [-0.2, 0) is 18.5 Å². The number of carbonyl (C=O) groups excluding carboxylic acids is 1. The molecule has 3 aromatic rings. The average Bonchev–Trinajstić information content (AvgIpc) is 3.09. The van der Waals surface area contributed by atoms with Crippen LogP contribution in [0.2, 0.25) is 0 Å². The van der Waals surface area contributed by atoms with Crippen LogP contribution in [0.15, 0.2) is 29.1 Å². The zero-order valence-electron chi connectivity index (χ0n) is 14.9. The first-order valence-corrected chi connectivity index (χ1v) is 9.40. The second-order valence-electron chi connectivity index (χ2n) is 7.39. The summed E-state index contributed by atoms with van der Waals surface area (Å²) in [7, 11) is 0. The number of aryl methyl sites for hydroxylation is 1. The van der Waals surface area contributed by atoms with Crippen LogP contribution in [0.4, 0.5) is 0 Å². The third-order valence-corrected chi connectivity index (χ3v) is 5.74. The number of hydrogen-bond donors (Lipinski definition) is 2. The molecule has 1 aliphatic heterocycles. The molecule has 27 heavy (non-hydrogen) atoms. The first-order chi connectivity index (χ1) is 13.2. The molecule has 8 heteroatoms.